The largest absolute Gasteiger partial charge is 0.451 e. The van der Waals surface area contributed by atoms with E-state index in [0.29, 0.717) is 35.6 Å². The van der Waals surface area contributed by atoms with Crippen molar-refractivity contribution >= 4 is 11.6 Å². The van der Waals surface area contributed by atoms with Crippen LogP contribution in [0.5, 0.6) is 11.5 Å². The van der Waals surface area contributed by atoms with E-state index in [1.807, 2.05) is 32.9 Å². The van der Waals surface area contributed by atoms with Crippen LogP contribution in [-0.2, 0) is 13.0 Å². The lowest BCUT2D eigenvalue weighted by atomic mass is 10.00. The minimum atomic E-state index is -0.289. The summed E-state index contributed by atoms with van der Waals surface area (Å²) in [4.78, 5) is 8.81. The van der Waals surface area contributed by atoms with Crippen LogP contribution in [0.15, 0.2) is 42.6 Å². The first-order valence-electron chi connectivity index (χ1n) is 12.3. The van der Waals surface area contributed by atoms with Gasteiger partial charge in [-0.25, -0.2) is 20.3 Å². The number of nitrogens with two attached hydrogens (primary N) is 1. The monoisotopic (exact) mass is 516 g/mol. The van der Waals surface area contributed by atoms with Crippen molar-refractivity contribution in [2.24, 2.45) is 5.90 Å². The first-order chi connectivity index (χ1) is 17.4. The summed E-state index contributed by atoms with van der Waals surface area (Å²) in [5.74, 6) is 5.29. The van der Waals surface area contributed by atoms with Crippen molar-refractivity contribution < 1.29 is 14.3 Å². The third kappa shape index (κ3) is 8.23. The summed E-state index contributed by atoms with van der Waals surface area (Å²) in [5.41, 5.74) is 5.19. The van der Waals surface area contributed by atoms with Crippen LogP contribution in [-0.4, -0.2) is 27.1 Å². The summed E-state index contributed by atoms with van der Waals surface area (Å²) < 4.78 is 20.9. The molecule has 2 aromatic carbocycles. The molecule has 1 fully saturated rings. The van der Waals surface area contributed by atoms with Crippen LogP contribution in [0.2, 0.25) is 0 Å². The SMILES string of the molecule is CC.Cc1ccc(CC(CCl)NCc2nc(C)ncc2Oc2cccc(C3CC3)c2F)c(C)c1.NO. The molecule has 1 aliphatic carbocycles. The Hall–Kier alpha value is -2.58. The van der Waals surface area contributed by atoms with Crippen LogP contribution in [0, 0.1) is 26.6 Å². The van der Waals surface area contributed by atoms with Crippen LogP contribution in [0.1, 0.15) is 66.4 Å². The van der Waals surface area contributed by atoms with Gasteiger partial charge in [0.15, 0.2) is 17.3 Å². The highest BCUT2D eigenvalue weighted by Crippen LogP contribution is 2.43. The molecule has 0 saturated heterocycles. The maximum atomic E-state index is 14.9. The molecule has 6 nitrogen and oxygen atoms in total. The Morgan fingerprint density at radius 1 is 1.14 bits per heavy atom. The molecule has 4 N–H and O–H groups in total. The predicted octanol–water partition coefficient (Wildman–Crippen LogP) is 6.51. The van der Waals surface area contributed by atoms with Gasteiger partial charge in [-0.1, -0.05) is 49.7 Å². The zero-order valence-electron chi connectivity index (χ0n) is 21.8. The second-order valence-electron chi connectivity index (χ2n) is 8.63. The van der Waals surface area contributed by atoms with Gasteiger partial charge in [0.05, 0.1) is 6.20 Å². The lowest BCUT2D eigenvalue weighted by molar-refractivity contribution is 0.311. The normalized spacial score (nSPS) is 13.1. The third-order valence-corrected chi connectivity index (χ3v) is 6.26. The van der Waals surface area contributed by atoms with Crippen molar-refractivity contribution in [2.75, 3.05) is 5.88 Å². The Morgan fingerprint density at radius 2 is 1.86 bits per heavy atom. The fraction of sp³-hybridized carbons (Fsp3) is 0.429. The number of alkyl halides is 1. The van der Waals surface area contributed by atoms with Crippen LogP contribution in [0.4, 0.5) is 4.39 Å². The molecule has 1 atom stereocenters. The average Bonchev–Trinajstić information content (AvgIpc) is 3.73. The molecule has 1 unspecified atom stereocenters. The van der Waals surface area contributed by atoms with E-state index in [9.17, 15) is 4.39 Å². The van der Waals surface area contributed by atoms with Gasteiger partial charge >= 0.3 is 0 Å². The summed E-state index contributed by atoms with van der Waals surface area (Å²) in [6, 6.07) is 11.9. The van der Waals surface area contributed by atoms with E-state index < -0.39 is 0 Å². The van der Waals surface area contributed by atoms with Gasteiger partial charge in [-0.2, -0.15) is 0 Å². The number of rotatable bonds is 9. The van der Waals surface area contributed by atoms with Crippen LogP contribution in [0.3, 0.4) is 0 Å². The Morgan fingerprint density at radius 3 is 2.50 bits per heavy atom. The lowest BCUT2D eigenvalue weighted by Gasteiger charge is -2.19. The van der Waals surface area contributed by atoms with Crippen molar-refractivity contribution in [3.8, 4) is 11.5 Å². The second-order valence-corrected chi connectivity index (χ2v) is 8.94. The predicted molar refractivity (Wildman–Crippen MR) is 144 cm³/mol. The van der Waals surface area contributed by atoms with E-state index in [1.165, 1.54) is 16.7 Å². The molecule has 3 aromatic rings. The molecule has 1 aliphatic rings. The van der Waals surface area contributed by atoms with Gasteiger partial charge in [-0.3, -0.25) is 0 Å². The molecule has 196 valence electrons. The highest BCUT2D eigenvalue weighted by Gasteiger charge is 2.28. The van der Waals surface area contributed by atoms with Crippen LogP contribution < -0.4 is 16.0 Å². The van der Waals surface area contributed by atoms with Gasteiger partial charge in [0.25, 0.3) is 0 Å². The number of benzene rings is 2. The molecule has 0 aliphatic heterocycles. The fourth-order valence-corrected chi connectivity index (χ4v) is 4.13. The Bertz CT molecular complexity index is 1110. The quantitative estimate of drug-likeness (QED) is 0.222. The minimum Gasteiger partial charge on any atom is -0.451 e. The van der Waals surface area contributed by atoms with Gasteiger partial charge < -0.3 is 15.3 Å². The van der Waals surface area contributed by atoms with Crippen molar-refractivity contribution in [3.05, 3.63) is 82.2 Å². The first-order valence-corrected chi connectivity index (χ1v) is 12.9. The molecule has 1 saturated carbocycles. The van der Waals surface area contributed by atoms with Crippen molar-refractivity contribution in [3.63, 3.8) is 0 Å². The van der Waals surface area contributed by atoms with Gasteiger partial charge in [0.1, 0.15) is 11.5 Å². The second kappa shape index (κ2) is 14.9. The maximum Gasteiger partial charge on any atom is 0.169 e. The van der Waals surface area contributed by atoms with Gasteiger partial charge in [-0.15, -0.1) is 11.6 Å². The van der Waals surface area contributed by atoms with Gasteiger partial charge in [-0.05, 0) is 68.7 Å². The topological polar surface area (TPSA) is 93.3 Å². The number of halogens is 2. The number of ether oxygens (including phenoxy) is 1. The number of hydrogen-bond acceptors (Lipinski definition) is 6. The van der Waals surface area contributed by atoms with Crippen LogP contribution in [0.25, 0.3) is 0 Å². The molecule has 0 bridgehead atoms. The smallest absolute Gasteiger partial charge is 0.169 e. The first kappa shape index (κ1) is 29.6. The fourth-order valence-electron chi connectivity index (χ4n) is 3.91. The summed E-state index contributed by atoms with van der Waals surface area (Å²) in [5, 5.41) is 9.99. The molecule has 0 radical (unpaired) electrons. The van der Waals surface area contributed by atoms with Gasteiger partial charge in [0.2, 0.25) is 0 Å². The van der Waals surface area contributed by atoms with E-state index in [-0.39, 0.29) is 17.6 Å². The Balaban J connectivity index is 0.00000109. The zero-order valence-corrected chi connectivity index (χ0v) is 22.6. The van der Waals surface area contributed by atoms with E-state index in [1.54, 1.807) is 12.3 Å². The van der Waals surface area contributed by atoms with E-state index in [0.717, 1.165) is 24.8 Å². The Kier molecular flexibility index (Phi) is 12.2. The number of aryl methyl sites for hydroxylation is 3. The lowest BCUT2D eigenvalue weighted by Crippen LogP contribution is -2.33. The molecule has 0 amide bonds. The van der Waals surface area contributed by atoms with Crippen molar-refractivity contribution in [2.45, 2.75) is 72.4 Å². The van der Waals surface area contributed by atoms with Crippen LogP contribution >= 0.6 is 11.6 Å². The van der Waals surface area contributed by atoms with Crippen molar-refractivity contribution in [1.29, 1.82) is 0 Å². The maximum absolute atomic E-state index is 14.9. The standard InChI is InChI=1S/C26H29ClFN3O.C2H6.H3NO/c1-16-7-8-20(17(2)11-16)12-21(13-27)30-14-23-25(15-29-18(3)31-23)32-24-6-4-5-22(26(24)28)19-9-10-19;2*1-2/h4-8,11,15,19,21,30H,9-10,12-14H2,1-3H3;1-2H3;2H,1H2. The molecule has 1 aromatic heterocycles. The van der Waals surface area contributed by atoms with E-state index in [4.69, 9.17) is 21.5 Å². The van der Waals surface area contributed by atoms with Crippen molar-refractivity contribution in [1.82, 2.24) is 15.3 Å². The zero-order chi connectivity index (χ0) is 26.7. The molecular weight excluding hydrogens is 479 g/mol. The molecule has 1 heterocycles. The average molecular weight is 517 g/mol. The third-order valence-electron chi connectivity index (χ3n) is 5.89. The molecular formula is C28H38ClFN4O2. The number of hydrogen-bond donors (Lipinski definition) is 3. The number of aromatic nitrogens is 2. The van der Waals surface area contributed by atoms with Gasteiger partial charge in [0, 0.05) is 18.5 Å². The highest BCUT2D eigenvalue weighted by molar-refractivity contribution is 6.18. The molecule has 8 heteroatoms. The molecule has 4 rings (SSSR count). The Labute approximate surface area is 219 Å². The molecule has 0 spiro atoms. The van der Waals surface area contributed by atoms with E-state index >= 15 is 0 Å². The summed E-state index contributed by atoms with van der Waals surface area (Å²) >= 11 is 6.27. The number of nitrogens with one attached hydrogen (secondary N) is 1. The van der Waals surface area contributed by atoms with E-state index in [2.05, 4.69) is 53.2 Å². The summed E-state index contributed by atoms with van der Waals surface area (Å²) in [6.45, 7) is 10.5. The number of nitrogens with zero attached hydrogens (tertiary/aromatic N) is 2. The summed E-state index contributed by atoms with van der Waals surface area (Å²) in [7, 11) is 0. The molecule has 36 heavy (non-hydrogen) atoms. The summed E-state index contributed by atoms with van der Waals surface area (Å²) in [6.07, 6.45) is 4.49. The minimum absolute atomic E-state index is 0.0659. The highest BCUT2D eigenvalue weighted by atomic mass is 35.5.